The van der Waals surface area contributed by atoms with Crippen molar-refractivity contribution in [2.24, 2.45) is 0 Å². The lowest BCUT2D eigenvalue weighted by Gasteiger charge is -2.10. The molecule has 1 aliphatic rings. The summed E-state index contributed by atoms with van der Waals surface area (Å²) in [4.78, 5) is 30.1. The van der Waals surface area contributed by atoms with Gasteiger partial charge < -0.3 is 5.32 Å². The minimum absolute atomic E-state index is 0.0950. The van der Waals surface area contributed by atoms with Gasteiger partial charge >= 0.3 is 0 Å². The van der Waals surface area contributed by atoms with Crippen LogP contribution in [0.2, 0.25) is 0 Å². The molecule has 1 N–H and O–H groups in total. The number of nitrogens with zero attached hydrogens (tertiary/aromatic N) is 4. The van der Waals surface area contributed by atoms with E-state index in [2.05, 4.69) is 20.5 Å². The van der Waals surface area contributed by atoms with Crippen molar-refractivity contribution < 1.29 is 9.59 Å². The minimum atomic E-state index is -0.203. The molecule has 0 bridgehead atoms. The van der Waals surface area contributed by atoms with Crippen molar-refractivity contribution in [3.8, 4) is 10.6 Å². The largest absolute Gasteiger partial charge is 0.300 e. The van der Waals surface area contributed by atoms with Crippen molar-refractivity contribution in [3.63, 3.8) is 0 Å². The van der Waals surface area contributed by atoms with Crippen LogP contribution in [-0.4, -0.2) is 33.5 Å². The van der Waals surface area contributed by atoms with Crippen LogP contribution in [-0.2, 0) is 16.0 Å². The van der Waals surface area contributed by atoms with Crippen molar-refractivity contribution >= 4 is 44.8 Å². The van der Waals surface area contributed by atoms with Gasteiger partial charge in [0.2, 0.25) is 16.9 Å². The molecule has 3 aromatic rings. The second-order valence-corrected chi connectivity index (χ2v) is 7.59. The highest BCUT2D eigenvalue weighted by Crippen LogP contribution is 2.27. The van der Waals surface area contributed by atoms with Gasteiger partial charge in [-0.05, 0) is 6.42 Å². The van der Waals surface area contributed by atoms with Crippen molar-refractivity contribution in [3.05, 3.63) is 41.4 Å². The van der Waals surface area contributed by atoms with E-state index >= 15 is 0 Å². The molecule has 0 unspecified atom stereocenters. The van der Waals surface area contributed by atoms with E-state index in [-0.39, 0.29) is 18.2 Å². The van der Waals surface area contributed by atoms with Crippen molar-refractivity contribution in [1.82, 2.24) is 15.2 Å². The highest BCUT2D eigenvalue weighted by molar-refractivity contribution is 7.18. The summed E-state index contributed by atoms with van der Waals surface area (Å²) in [5.41, 5.74) is 1.61. The Hall–Kier alpha value is -2.65. The minimum Gasteiger partial charge on any atom is -0.300 e. The number of benzene rings is 1. The zero-order valence-electron chi connectivity index (χ0n) is 13.7. The molecular formula is C17H15N5O2S2. The van der Waals surface area contributed by atoms with Crippen LogP contribution in [0.5, 0.6) is 0 Å². The van der Waals surface area contributed by atoms with Gasteiger partial charge in [0.05, 0.1) is 12.1 Å². The molecule has 1 aliphatic heterocycles. The quantitative estimate of drug-likeness (QED) is 0.729. The predicted molar refractivity (Wildman–Crippen MR) is 101 cm³/mol. The number of hydrogen-bond acceptors (Lipinski definition) is 7. The van der Waals surface area contributed by atoms with E-state index in [4.69, 9.17) is 0 Å². The first-order valence-electron chi connectivity index (χ1n) is 8.12. The lowest BCUT2D eigenvalue weighted by Crippen LogP contribution is -2.23. The summed E-state index contributed by atoms with van der Waals surface area (Å²) in [5.74, 6) is -0.108. The van der Waals surface area contributed by atoms with Crippen LogP contribution in [0.15, 0.2) is 35.7 Å². The number of carbonyl (C=O) groups excluding carboxylic acids is 2. The molecule has 132 valence electrons. The average Bonchev–Trinajstić information content (AvgIpc) is 3.37. The van der Waals surface area contributed by atoms with E-state index < -0.39 is 0 Å². The Bertz CT molecular complexity index is 938. The van der Waals surface area contributed by atoms with Crippen LogP contribution >= 0.6 is 22.7 Å². The molecule has 1 fully saturated rings. The molecule has 26 heavy (non-hydrogen) atoms. The van der Waals surface area contributed by atoms with Gasteiger partial charge in [0.1, 0.15) is 5.01 Å². The number of thiazole rings is 1. The molecule has 9 heteroatoms. The predicted octanol–water partition coefficient (Wildman–Crippen LogP) is 2.97. The fourth-order valence-electron chi connectivity index (χ4n) is 2.65. The maximum Gasteiger partial charge on any atom is 0.232 e. The summed E-state index contributed by atoms with van der Waals surface area (Å²) in [6.45, 7) is 0.699. The smallest absolute Gasteiger partial charge is 0.232 e. The Morgan fingerprint density at radius 1 is 1.23 bits per heavy atom. The molecule has 0 spiro atoms. The summed E-state index contributed by atoms with van der Waals surface area (Å²) < 4.78 is 0. The molecule has 2 aromatic heterocycles. The average molecular weight is 385 g/mol. The van der Waals surface area contributed by atoms with E-state index in [0.29, 0.717) is 28.9 Å². The number of rotatable bonds is 5. The van der Waals surface area contributed by atoms with Gasteiger partial charge in [-0.3, -0.25) is 14.5 Å². The molecule has 0 aliphatic carbocycles. The zero-order valence-corrected chi connectivity index (χ0v) is 15.3. The van der Waals surface area contributed by atoms with Gasteiger partial charge in [-0.2, -0.15) is 0 Å². The van der Waals surface area contributed by atoms with Gasteiger partial charge in [-0.1, -0.05) is 41.7 Å². The molecule has 7 nitrogen and oxygen atoms in total. The highest BCUT2D eigenvalue weighted by Gasteiger charge is 2.24. The summed E-state index contributed by atoms with van der Waals surface area (Å²) in [7, 11) is 0. The van der Waals surface area contributed by atoms with E-state index in [1.807, 2.05) is 35.7 Å². The maximum absolute atomic E-state index is 12.2. The third kappa shape index (κ3) is 3.63. The topological polar surface area (TPSA) is 88.1 Å². The molecule has 0 atom stereocenters. The van der Waals surface area contributed by atoms with Gasteiger partial charge in [0.15, 0.2) is 5.13 Å². The number of anilines is 2. The number of amides is 2. The summed E-state index contributed by atoms with van der Waals surface area (Å²) >= 11 is 2.71. The van der Waals surface area contributed by atoms with Gasteiger partial charge in [0, 0.05) is 23.9 Å². The van der Waals surface area contributed by atoms with Crippen molar-refractivity contribution in [2.45, 2.75) is 19.3 Å². The van der Waals surface area contributed by atoms with Crippen LogP contribution in [0.1, 0.15) is 18.5 Å². The Morgan fingerprint density at radius 2 is 2.08 bits per heavy atom. The van der Waals surface area contributed by atoms with Gasteiger partial charge in [-0.15, -0.1) is 21.5 Å². The van der Waals surface area contributed by atoms with Crippen LogP contribution < -0.4 is 10.2 Å². The third-order valence-corrected chi connectivity index (χ3v) is 5.68. The van der Waals surface area contributed by atoms with Crippen LogP contribution in [0, 0.1) is 0 Å². The molecule has 0 radical (unpaired) electrons. The molecular weight excluding hydrogens is 370 g/mol. The first-order valence-corrected chi connectivity index (χ1v) is 9.82. The first-order chi connectivity index (χ1) is 12.7. The van der Waals surface area contributed by atoms with Crippen molar-refractivity contribution in [2.75, 3.05) is 16.8 Å². The Kier molecular flexibility index (Phi) is 4.72. The normalized spacial score (nSPS) is 14.0. The zero-order chi connectivity index (χ0) is 17.9. The first kappa shape index (κ1) is 16.8. The number of nitrogens with one attached hydrogen (secondary N) is 1. The highest BCUT2D eigenvalue weighted by atomic mass is 32.1. The molecule has 1 aromatic carbocycles. The Balaban J connectivity index is 1.38. The molecule has 3 heterocycles. The van der Waals surface area contributed by atoms with Crippen LogP contribution in [0.4, 0.5) is 10.3 Å². The number of carbonyl (C=O) groups is 2. The van der Waals surface area contributed by atoms with Gasteiger partial charge in [-0.25, -0.2) is 4.98 Å². The molecule has 0 saturated carbocycles. The van der Waals surface area contributed by atoms with Gasteiger partial charge in [0.25, 0.3) is 0 Å². The second kappa shape index (κ2) is 7.30. The van der Waals surface area contributed by atoms with E-state index in [1.165, 1.54) is 22.7 Å². The fourth-order valence-corrected chi connectivity index (χ4v) is 4.28. The van der Waals surface area contributed by atoms with Crippen LogP contribution in [0.25, 0.3) is 10.6 Å². The summed E-state index contributed by atoms with van der Waals surface area (Å²) in [6, 6.07) is 9.69. The number of hydrogen-bond donors (Lipinski definition) is 1. The molecule has 1 saturated heterocycles. The fraction of sp³-hybridized carbons (Fsp3) is 0.235. The van der Waals surface area contributed by atoms with E-state index in [1.54, 1.807) is 4.90 Å². The van der Waals surface area contributed by atoms with Crippen molar-refractivity contribution in [1.29, 1.82) is 0 Å². The van der Waals surface area contributed by atoms with Crippen LogP contribution in [0.3, 0.4) is 0 Å². The SMILES string of the molecule is O=C(Cc1csc(N2CCCC2=O)n1)Nc1nnc(-c2ccccc2)s1. The van der Waals surface area contributed by atoms with E-state index in [9.17, 15) is 9.59 Å². The maximum atomic E-state index is 12.2. The summed E-state index contributed by atoms with van der Waals surface area (Å²) in [5, 5.41) is 14.6. The second-order valence-electron chi connectivity index (χ2n) is 5.77. The lowest BCUT2D eigenvalue weighted by atomic mass is 10.2. The standard InChI is InChI=1S/C17H15N5O2S2/c23-13(9-12-10-25-17(18-12)22-8-4-7-14(22)24)19-16-21-20-15(26-16)11-5-2-1-3-6-11/h1-3,5-6,10H,4,7-9H2,(H,19,21,23). The lowest BCUT2D eigenvalue weighted by molar-refractivity contribution is -0.117. The third-order valence-electron chi connectivity index (χ3n) is 3.88. The molecule has 4 rings (SSSR count). The Labute approximate surface area is 157 Å². The number of aromatic nitrogens is 3. The van der Waals surface area contributed by atoms with E-state index in [0.717, 1.165) is 17.0 Å². The Morgan fingerprint density at radius 3 is 2.85 bits per heavy atom. The monoisotopic (exact) mass is 385 g/mol. The molecule has 2 amide bonds. The summed E-state index contributed by atoms with van der Waals surface area (Å²) in [6.07, 6.45) is 1.56.